The number of hydrogen-bond acceptors (Lipinski definition) is 4. The Kier molecular flexibility index (Phi) is 4.92. The van der Waals surface area contributed by atoms with Crippen LogP contribution < -0.4 is 5.73 Å². The fourth-order valence-electron chi connectivity index (χ4n) is 1.15. The molecule has 16 heavy (non-hydrogen) atoms. The number of thioether (sulfide) groups is 1. The maximum atomic E-state index is 10.7. The highest BCUT2D eigenvalue weighted by molar-refractivity contribution is 8.13. The molecule has 0 atom stereocenters. The second-order valence-electron chi connectivity index (χ2n) is 3.35. The molecule has 3 N–H and O–H groups in total. The number of hydrogen-bond donors (Lipinski definition) is 2. The van der Waals surface area contributed by atoms with Crippen molar-refractivity contribution < 1.29 is 9.90 Å². The van der Waals surface area contributed by atoms with E-state index in [1.54, 1.807) is 19.1 Å². The van der Waals surface area contributed by atoms with Gasteiger partial charge in [-0.1, -0.05) is 30.0 Å². The molecule has 1 rings (SSSR count). The summed E-state index contributed by atoms with van der Waals surface area (Å²) in [6, 6.07) is 5.12. The first-order valence-corrected chi connectivity index (χ1v) is 5.96. The summed E-state index contributed by atoms with van der Waals surface area (Å²) in [6.45, 7) is 1.56. The molecule has 0 aliphatic carbocycles. The van der Waals surface area contributed by atoms with Crippen LogP contribution >= 0.6 is 11.8 Å². The van der Waals surface area contributed by atoms with E-state index < -0.39 is 0 Å². The fourth-order valence-corrected chi connectivity index (χ4v) is 1.70. The first kappa shape index (κ1) is 12.6. The summed E-state index contributed by atoms with van der Waals surface area (Å²) in [6.07, 6.45) is 4.70. The predicted octanol–water partition coefficient (Wildman–Crippen LogP) is 2.66. The van der Waals surface area contributed by atoms with Gasteiger partial charge in [0.05, 0.1) is 5.69 Å². The molecule has 0 aliphatic rings. The second kappa shape index (κ2) is 6.23. The number of carbonyl (C=O) groups is 1. The van der Waals surface area contributed by atoms with Crippen molar-refractivity contribution in [2.24, 2.45) is 0 Å². The topological polar surface area (TPSA) is 63.3 Å². The summed E-state index contributed by atoms with van der Waals surface area (Å²) in [5, 5.41) is 9.51. The molecule has 0 bridgehead atoms. The molecule has 3 nitrogen and oxygen atoms in total. The molecule has 0 saturated heterocycles. The average Bonchev–Trinajstić information content (AvgIpc) is 2.22. The first-order chi connectivity index (χ1) is 7.59. The molecule has 0 radical (unpaired) electrons. The Labute approximate surface area is 99.4 Å². The van der Waals surface area contributed by atoms with Crippen LogP contribution in [-0.4, -0.2) is 16.0 Å². The number of nitrogens with two attached hydrogens (primary N) is 1. The number of benzene rings is 1. The molecule has 0 fully saturated rings. The summed E-state index contributed by atoms with van der Waals surface area (Å²) in [4.78, 5) is 10.7. The van der Waals surface area contributed by atoms with E-state index in [0.29, 0.717) is 5.69 Å². The maximum Gasteiger partial charge on any atom is 0.185 e. The quantitative estimate of drug-likeness (QED) is 0.480. The molecule has 0 spiro atoms. The number of rotatable bonds is 4. The molecule has 86 valence electrons. The lowest BCUT2D eigenvalue weighted by molar-refractivity contribution is -0.109. The highest BCUT2D eigenvalue weighted by Crippen LogP contribution is 2.21. The monoisotopic (exact) mass is 237 g/mol. The highest BCUT2D eigenvalue weighted by Gasteiger charge is 1.96. The van der Waals surface area contributed by atoms with Crippen molar-refractivity contribution in [3.05, 3.63) is 29.8 Å². The molecule has 1 aromatic carbocycles. The predicted molar refractivity (Wildman–Crippen MR) is 69.3 cm³/mol. The molecule has 0 heterocycles. The van der Waals surface area contributed by atoms with Crippen LogP contribution in [0.1, 0.15) is 18.9 Å². The third-order valence-corrected chi connectivity index (χ3v) is 2.80. The van der Waals surface area contributed by atoms with Crippen molar-refractivity contribution in [1.82, 2.24) is 0 Å². The molecule has 0 saturated carbocycles. The molecule has 0 unspecified atom stereocenters. The molecular weight excluding hydrogens is 222 g/mol. The Balaban J connectivity index is 2.44. The first-order valence-electron chi connectivity index (χ1n) is 4.98. The zero-order valence-corrected chi connectivity index (χ0v) is 9.96. The number of carbonyl (C=O) groups excluding carboxylic acids is 1. The van der Waals surface area contributed by atoms with Gasteiger partial charge in [-0.15, -0.1) is 0 Å². The second-order valence-corrected chi connectivity index (χ2v) is 4.62. The Morgan fingerprint density at radius 3 is 2.94 bits per heavy atom. The van der Waals surface area contributed by atoms with E-state index in [9.17, 15) is 9.90 Å². The molecule has 0 amide bonds. The lowest BCUT2D eigenvalue weighted by Gasteiger charge is -1.99. The lowest BCUT2D eigenvalue weighted by atomic mass is 10.1. The van der Waals surface area contributed by atoms with Gasteiger partial charge in [0.25, 0.3) is 0 Å². The summed E-state index contributed by atoms with van der Waals surface area (Å²) < 4.78 is 0. The SMILES string of the molecule is CC(=O)SCCC=Cc1ccc(N)c(O)c1. The number of aromatic hydroxyl groups is 1. The molecule has 0 aromatic heterocycles. The minimum Gasteiger partial charge on any atom is -0.506 e. The smallest absolute Gasteiger partial charge is 0.185 e. The van der Waals surface area contributed by atoms with Crippen LogP contribution in [0.3, 0.4) is 0 Å². The van der Waals surface area contributed by atoms with Crippen molar-refractivity contribution >= 4 is 28.6 Å². The molecule has 0 aliphatic heterocycles. The van der Waals surface area contributed by atoms with E-state index in [1.807, 2.05) is 18.2 Å². The summed E-state index contributed by atoms with van der Waals surface area (Å²) in [5.41, 5.74) is 6.76. The van der Waals surface area contributed by atoms with Gasteiger partial charge in [0.15, 0.2) is 5.12 Å². The number of phenols is 1. The Morgan fingerprint density at radius 2 is 2.31 bits per heavy atom. The van der Waals surface area contributed by atoms with Crippen LogP contribution in [0.25, 0.3) is 6.08 Å². The van der Waals surface area contributed by atoms with Gasteiger partial charge in [-0.3, -0.25) is 4.79 Å². The van der Waals surface area contributed by atoms with Gasteiger partial charge in [-0.05, 0) is 24.1 Å². The van der Waals surface area contributed by atoms with Gasteiger partial charge >= 0.3 is 0 Å². The van der Waals surface area contributed by atoms with Crippen molar-refractivity contribution in [2.45, 2.75) is 13.3 Å². The number of phenolic OH excluding ortho intramolecular Hbond substituents is 1. The van der Waals surface area contributed by atoms with Crippen molar-refractivity contribution in [3.8, 4) is 5.75 Å². The molecule has 4 heteroatoms. The van der Waals surface area contributed by atoms with E-state index in [2.05, 4.69) is 0 Å². The van der Waals surface area contributed by atoms with E-state index in [-0.39, 0.29) is 10.9 Å². The largest absolute Gasteiger partial charge is 0.506 e. The third-order valence-electron chi connectivity index (χ3n) is 1.95. The Hall–Kier alpha value is -1.42. The zero-order valence-electron chi connectivity index (χ0n) is 9.14. The third kappa shape index (κ3) is 4.40. The molecular formula is C12H15NO2S. The number of allylic oxidation sites excluding steroid dienone is 1. The minimum atomic E-state index is 0.0975. The Bertz CT molecular complexity index is 402. The number of nitrogen functional groups attached to an aromatic ring is 1. The van der Waals surface area contributed by atoms with Crippen molar-refractivity contribution in [3.63, 3.8) is 0 Å². The van der Waals surface area contributed by atoms with Gasteiger partial charge in [0.1, 0.15) is 5.75 Å². The van der Waals surface area contributed by atoms with Crippen LogP contribution in [0.2, 0.25) is 0 Å². The maximum absolute atomic E-state index is 10.7. The van der Waals surface area contributed by atoms with E-state index >= 15 is 0 Å². The summed E-state index contributed by atoms with van der Waals surface area (Å²) in [7, 11) is 0. The van der Waals surface area contributed by atoms with Crippen LogP contribution in [0.15, 0.2) is 24.3 Å². The summed E-state index contributed by atoms with van der Waals surface area (Å²) >= 11 is 1.31. The Morgan fingerprint density at radius 1 is 1.56 bits per heavy atom. The minimum absolute atomic E-state index is 0.0975. The van der Waals surface area contributed by atoms with E-state index in [4.69, 9.17) is 5.73 Å². The number of anilines is 1. The van der Waals surface area contributed by atoms with Gasteiger partial charge in [0.2, 0.25) is 0 Å². The standard InChI is InChI=1S/C12H15NO2S/c1-9(14)16-7-3-2-4-10-5-6-11(13)12(15)8-10/h2,4-6,8,15H,3,7,13H2,1H3. The lowest BCUT2D eigenvalue weighted by Crippen LogP contribution is -1.85. The van der Waals surface area contributed by atoms with E-state index in [0.717, 1.165) is 17.7 Å². The van der Waals surface area contributed by atoms with Gasteiger partial charge in [-0.2, -0.15) is 0 Å². The van der Waals surface area contributed by atoms with Crippen molar-refractivity contribution in [2.75, 3.05) is 11.5 Å². The highest BCUT2D eigenvalue weighted by atomic mass is 32.2. The van der Waals surface area contributed by atoms with Crippen LogP contribution in [0.4, 0.5) is 5.69 Å². The molecule has 1 aromatic rings. The van der Waals surface area contributed by atoms with Crippen LogP contribution in [-0.2, 0) is 4.79 Å². The van der Waals surface area contributed by atoms with Crippen LogP contribution in [0, 0.1) is 0 Å². The fraction of sp³-hybridized carbons (Fsp3) is 0.250. The zero-order chi connectivity index (χ0) is 12.0. The average molecular weight is 237 g/mol. The summed E-state index contributed by atoms with van der Waals surface area (Å²) in [5.74, 6) is 0.882. The van der Waals surface area contributed by atoms with Crippen LogP contribution in [0.5, 0.6) is 5.75 Å². The van der Waals surface area contributed by atoms with Gasteiger partial charge in [0, 0.05) is 12.7 Å². The van der Waals surface area contributed by atoms with Crippen molar-refractivity contribution in [1.29, 1.82) is 0 Å². The van der Waals surface area contributed by atoms with Gasteiger partial charge in [-0.25, -0.2) is 0 Å². The van der Waals surface area contributed by atoms with Gasteiger partial charge < -0.3 is 10.8 Å². The normalized spacial score (nSPS) is 10.8. The van der Waals surface area contributed by atoms with E-state index in [1.165, 1.54) is 11.8 Å².